The molecule has 0 aliphatic rings. The van der Waals surface area contributed by atoms with Gasteiger partial charge in [-0.15, -0.1) is 0 Å². The van der Waals surface area contributed by atoms with Gasteiger partial charge in [0.15, 0.2) is 6.10 Å². The minimum absolute atomic E-state index is 0.110. The number of nitrogens with one attached hydrogen (secondary N) is 1. The lowest BCUT2D eigenvalue weighted by molar-refractivity contribution is -0.383. The number of aliphatic hydroxyl groups excluding tert-OH is 1. The van der Waals surface area contributed by atoms with E-state index in [0.717, 1.165) is 0 Å². The van der Waals surface area contributed by atoms with Crippen molar-refractivity contribution in [1.82, 2.24) is 4.98 Å². The molecule has 1 unspecified atom stereocenters. The molecule has 0 aliphatic heterocycles. The van der Waals surface area contributed by atoms with Crippen molar-refractivity contribution in [3.63, 3.8) is 0 Å². The molecule has 1 heterocycles. The lowest BCUT2D eigenvalue weighted by Gasteiger charge is -2.04. The van der Waals surface area contributed by atoms with Crippen molar-refractivity contribution in [1.29, 1.82) is 0 Å². The minimum Gasteiger partial charge on any atom is -0.479 e. The number of aromatic nitrogens is 1. The molecule has 0 amide bonds. The lowest BCUT2D eigenvalue weighted by atomic mass is 10.1. The molecule has 18 heavy (non-hydrogen) atoms. The van der Waals surface area contributed by atoms with Gasteiger partial charge in [0, 0.05) is 18.7 Å². The van der Waals surface area contributed by atoms with E-state index in [2.05, 4.69) is 4.98 Å². The second-order valence-electron chi connectivity index (χ2n) is 3.83. The fourth-order valence-corrected chi connectivity index (χ4v) is 1.84. The monoisotopic (exact) mass is 250 g/mol. The number of nitrogens with zero attached hydrogens (tertiary/aromatic N) is 1. The third kappa shape index (κ3) is 2.03. The maximum absolute atomic E-state index is 10.9. The van der Waals surface area contributed by atoms with Crippen LogP contribution < -0.4 is 0 Å². The van der Waals surface area contributed by atoms with Gasteiger partial charge in [-0.3, -0.25) is 10.1 Å². The van der Waals surface area contributed by atoms with Crippen LogP contribution in [-0.2, 0) is 11.2 Å². The molecule has 0 spiro atoms. The molecule has 0 radical (unpaired) electrons. The number of carboxylic acids is 1. The number of rotatable bonds is 4. The van der Waals surface area contributed by atoms with Crippen molar-refractivity contribution in [2.45, 2.75) is 12.5 Å². The molecule has 94 valence electrons. The van der Waals surface area contributed by atoms with Gasteiger partial charge in [0.1, 0.15) is 0 Å². The van der Waals surface area contributed by atoms with Gasteiger partial charge in [-0.2, -0.15) is 0 Å². The molecule has 3 N–H and O–H groups in total. The van der Waals surface area contributed by atoms with Crippen LogP contribution in [0.25, 0.3) is 10.9 Å². The van der Waals surface area contributed by atoms with Crippen molar-refractivity contribution in [2.24, 2.45) is 0 Å². The average molecular weight is 250 g/mol. The number of hydrogen-bond acceptors (Lipinski definition) is 4. The van der Waals surface area contributed by atoms with Crippen LogP contribution in [0.5, 0.6) is 0 Å². The fourth-order valence-electron chi connectivity index (χ4n) is 1.84. The van der Waals surface area contributed by atoms with E-state index < -0.39 is 17.0 Å². The van der Waals surface area contributed by atoms with Crippen LogP contribution in [0.1, 0.15) is 5.56 Å². The number of aliphatic carboxylic acids is 1. The number of nitro benzene ring substituents is 1. The van der Waals surface area contributed by atoms with Gasteiger partial charge in [0.2, 0.25) is 0 Å². The number of hydrogen-bond donors (Lipinski definition) is 3. The van der Waals surface area contributed by atoms with E-state index in [-0.39, 0.29) is 12.1 Å². The molecule has 1 aromatic heterocycles. The smallest absolute Gasteiger partial charge is 0.332 e. The number of non-ortho nitro benzene ring substituents is 1. The van der Waals surface area contributed by atoms with Gasteiger partial charge < -0.3 is 15.2 Å². The summed E-state index contributed by atoms with van der Waals surface area (Å²) in [6.45, 7) is 0. The maximum atomic E-state index is 10.9. The van der Waals surface area contributed by atoms with Crippen LogP contribution in [0, 0.1) is 10.1 Å². The van der Waals surface area contributed by atoms with Gasteiger partial charge in [-0.05, 0) is 11.6 Å². The second-order valence-corrected chi connectivity index (χ2v) is 3.83. The minimum atomic E-state index is -1.58. The number of nitro groups is 1. The summed E-state index contributed by atoms with van der Waals surface area (Å²) in [5, 5.41) is 29.2. The first-order valence-electron chi connectivity index (χ1n) is 5.15. The second kappa shape index (κ2) is 4.46. The summed E-state index contributed by atoms with van der Waals surface area (Å²) >= 11 is 0. The SMILES string of the molecule is O=C(O)C(O)Cc1c[nH]c2cccc([N+](=O)[O-])c12. The first-order chi connectivity index (χ1) is 8.50. The number of aromatic amines is 1. The van der Waals surface area contributed by atoms with Crippen molar-refractivity contribution in [2.75, 3.05) is 0 Å². The predicted molar refractivity (Wildman–Crippen MR) is 62.3 cm³/mol. The number of aliphatic hydroxyl groups is 1. The van der Waals surface area contributed by atoms with E-state index in [4.69, 9.17) is 5.11 Å². The highest BCUT2D eigenvalue weighted by Crippen LogP contribution is 2.29. The third-order valence-electron chi connectivity index (χ3n) is 2.66. The Bertz CT molecular complexity index is 619. The molecule has 1 aromatic carbocycles. The quantitative estimate of drug-likeness (QED) is 0.554. The van der Waals surface area contributed by atoms with Crippen LogP contribution in [0.2, 0.25) is 0 Å². The van der Waals surface area contributed by atoms with Gasteiger partial charge in [0.05, 0.1) is 15.8 Å². The summed E-state index contributed by atoms with van der Waals surface area (Å²) in [4.78, 5) is 23.8. The van der Waals surface area contributed by atoms with Crippen LogP contribution in [0.4, 0.5) is 5.69 Å². The van der Waals surface area contributed by atoms with E-state index in [0.29, 0.717) is 16.5 Å². The molecular weight excluding hydrogens is 240 g/mol. The number of fused-ring (bicyclic) bond motifs is 1. The summed E-state index contributed by atoms with van der Waals surface area (Å²) in [7, 11) is 0. The van der Waals surface area contributed by atoms with Crippen molar-refractivity contribution < 1.29 is 19.9 Å². The number of carbonyl (C=O) groups is 1. The highest BCUT2D eigenvalue weighted by atomic mass is 16.6. The zero-order valence-electron chi connectivity index (χ0n) is 9.16. The molecule has 0 fully saturated rings. The van der Waals surface area contributed by atoms with Crippen LogP contribution in [-0.4, -0.2) is 32.2 Å². The summed E-state index contributed by atoms with van der Waals surface area (Å²) in [5.41, 5.74) is 0.838. The normalized spacial score (nSPS) is 12.5. The standard InChI is InChI=1S/C11H10N2O5/c14-9(11(15)16)4-6-5-12-7-2-1-3-8(10(6)7)13(17)18/h1-3,5,9,12,14H,4H2,(H,15,16). The Labute approximate surface area is 101 Å². The first-order valence-corrected chi connectivity index (χ1v) is 5.15. The Balaban J connectivity index is 2.52. The Morgan fingerprint density at radius 3 is 2.83 bits per heavy atom. The lowest BCUT2D eigenvalue weighted by Crippen LogP contribution is -2.21. The molecular formula is C11H10N2O5. The van der Waals surface area contributed by atoms with E-state index in [1.807, 2.05) is 0 Å². The Morgan fingerprint density at radius 2 is 2.22 bits per heavy atom. The average Bonchev–Trinajstić information content (AvgIpc) is 2.72. The summed E-state index contributed by atoms with van der Waals surface area (Å²) in [5.74, 6) is -1.36. The predicted octanol–water partition coefficient (Wildman–Crippen LogP) is 1.06. The Morgan fingerprint density at radius 1 is 1.50 bits per heavy atom. The molecule has 0 aliphatic carbocycles. The molecule has 0 saturated heterocycles. The van der Waals surface area contributed by atoms with E-state index >= 15 is 0 Å². The summed E-state index contributed by atoms with van der Waals surface area (Å²) in [6.07, 6.45) is -0.284. The van der Waals surface area contributed by atoms with Gasteiger partial charge in [-0.25, -0.2) is 4.79 Å². The van der Waals surface area contributed by atoms with E-state index in [1.165, 1.54) is 18.3 Å². The summed E-state index contributed by atoms with van der Waals surface area (Å²) < 4.78 is 0. The highest BCUT2D eigenvalue weighted by Gasteiger charge is 2.21. The largest absolute Gasteiger partial charge is 0.479 e. The third-order valence-corrected chi connectivity index (χ3v) is 2.66. The molecule has 7 nitrogen and oxygen atoms in total. The van der Waals surface area contributed by atoms with Gasteiger partial charge in [-0.1, -0.05) is 6.07 Å². The molecule has 2 rings (SSSR count). The number of benzene rings is 1. The zero-order valence-corrected chi connectivity index (χ0v) is 9.16. The number of carboxylic acid groups (broad SMARTS) is 1. The van der Waals surface area contributed by atoms with Crippen molar-refractivity contribution in [3.05, 3.63) is 40.1 Å². The highest BCUT2D eigenvalue weighted by molar-refractivity contribution is 5.92. The molecule has 0 bridgehead atoms. The topological polar surface area (TPSA) is 116 Å². The first kappa shape index (κ1) is 12.1. The zero-order chi connectivity index (χ0) is 13.3. The van der Waals surface area contributed by atoms with Crippen LogP contribution in [0.3, 0.4) is 0 Å². The summed E-state index contributed by atoms with van der Waals surface area (Å²) in [6, 6.07) is 4.53. The van der Waals surface area contributed by atoms with Crippen molar-refractivity contribution in [3.8, 4) is 0 Å². The van der Waals surface area contributed by atoms with Crippen molar-refractivity contribution >= 4 is 22.6 Å². The van der Waals surface area contributed by atoms with E-state index in [1.54, 1.807) is 6.07 Å². The molecule has 2 aromatic rings. The maximum Gasteiger partial charge on any atom is 0.332 e. The van der Waals surface area contributed by atoms with Gasteiger partial charge >= 0.3 is 5.97 Å². The Kier molecular flexibility index (Phi) is 2.99. The van der Waals surface area contributed by atoms with E-state index in [9.17, 15) is 20.0 Å². The molecule has 0 saturated carbocycles. The van der Waals surface area contributed by atoms with Crippen LogP contribution in [0.15, 0.2) is 24.4 Å². The molecule has 1 atom stereocenters. The fraction of sp³-hybridized carbons (Fsp3) is 0.182. The Hall–Kier alpha value is -2.41. The van der Waals surface area contributed by atoms with Gasteiger partial charge in [0.25, 0.3) is 5.69 Å². The number of H-pyrrole nitrogens is 1. The van der Waals surface area contributed by atoms with Crippen LogP contribution >= 0.6 is 0 Å². The molecule has 7 heteroatoms.